The Morgan fingerprint density at radius 3 is 2.71 bits per heavy atom. The summed E-state index contributed by atoms with van der Waals surface area (Å²) < 4.78 is 5.89. The zero-order valence-corrected chi connectivity index (χ0v) is 22.2. The van der Waals surface area contributed by atoms with Gasteiger partial charge in [-0.3, -0.25) is 9.59 Å². The molecule has 1 heterocycles. The number of carbonyl (C=O) groups is 2. The van der Waals surface area contributed by atoms with Crippen LogP contribution in [0.2, 0.25) is 0 Å². The fraction of sp³-hybridized carbons (Fsp3) is 0.571. The molecule has 6 nitrogen and oxygen atoms in total. The predicted molar refractivity (Wildman–Crippen MR) is 138 cm³/mol. The maximum Gasteiger partial charge on any atom is 0.245 e. The second-order valence-corrected chi connectivity index (χ2v) is 11.8. The minimum atomic E-state index is -0.875. The number of aryl methyl sites for hydroxylation is 4. The third-order valence-electron chi connectivity index (χ3n) is 7.80. The Labute approximate surface area is 211 Å². The van der Waals surface area contributed by atoms with Crippen molar-refractivity contribution in [3.05, 3.63) is 49.7 Å². The molecule has 0 aliphatic heterocycles. The zero-order chi connectivity index (χ0) is 25.5. The van der Waals surface area contributed by atoms with Crippen molar-refractivity contribution in [2.75, 3.05) is 19.8 Å². The van der Waals surface area contributed by atoms with E-state index in [4.69, 9.17) is 9.84 Å². The van der Waals surface area contributed by atoms with Crippen molar-refractivity contribution in [3.8, 4) is 5.75 Å². The largest absolute Gasteiger partial charge is 0.490 e. The van der Waals surface area contributed by atoms with E-state index in [9.17, 15) is 14.7 Å². The number of rotatable bonds is 11. The zero-order valence-electron chi connectivity index (χ0n) is 21.4. The number of aliphatic hydroxyl groups is 2. The first-order chi connectivity index (χ1) is 16.6. The summed E-state index contributed by atoms with van der Waals surface area (Å²) in [7, 11) is 0. The average Bonchev–Trinajstić information content (AvgIpc) is 3.14. The van der Waals surface area contributed by atoms with Gasteiger partial charge in [-0.2, -0.15) is 0 Å². The molecule has 0 bridgehead atoms. The van der Waals surface area contributed by atoms with Crippen LogP contribution in [0.25, 0.3) is 0 Å². The van der Waals surface area contributed by atoms with Gasteiger partial charge >= 0.3 is 0 Å². The first-order valence-corrected chi connectivity index (χ1v) is 13.4. The molecular formula is C28H37NO5S. The van der Waals surface area contributed by atoms with E-state index in [1.165, 1.54) is 16.0 Å². The summed E-state index contributed by atoms with van der Waals surface area (Å²) in [5.41, 5.74) is 6.31. The summed E-state index contributed by atoms with van der Waals surface area (Å²) in [5.74, 6) is 1.81. The van der Waals surface area contributed by atoms with Gasteiger partial charge < -0.3 is 20.3 Å². The maximum absolute atomic E-state index is 13.2. The molecule has 4 rings (SSSR count). The van der Waals surface area contributed by atoms with Gasteiger partial charge in [-0.1, -0.05) is 32.9 Å². The Morgan fingerprint density at radius 1 is 1.29 bits per heavy atom. The topological polar surface area (TPSA) is 95.9 Å². The Hall–Kier alpha value is -2.22. The summed E-state index contributed by atoms with van der Waals surface area (Å²) in [6.07, 6.45) is 2.13. The van der Waals surface area contributed by atoms with E-state index >= 15 is 0 Å². The van der Waals surface area contributed by atoms with Crippen LogP contribution in [0.5, 0.6) is 5.75 Å². The van der Waals surface area contributed by atoms with Crippen LogP contribution in [-0.4, -0.2) is 47.8 Å². The number of Topliss-reactive ketones (excluding diaryl/α,β-unsaturated/α-hetero) is 1. The van der Waals surface area contributed by atoms with E-state index in [1.54, 1.807) is 11.3 Å². The number of hydrogen-bond donors (Lipinski definition) is 3. The Balaban J connectivity index is 1.38. The molecule has 1 unspecified atom stereocenters. The van der Waals surface area contributed by atoms with Gasteiger partial charge in [0.1, 0.15) is 25.1 Å². The Kier molecular flexibility index (Phi) is 7.41. The normalized spacial score (nSPS) is 20.2. The van der Waals surface area contributed by atoms with Crippen LogP contribution in [0.3, 0.4) is 0 Å². The van der Waals surface area contributed by atoms with Crippen molar-refractivity contribution < 1.29 is 24.5 Å². The Bertz CT molecular complexity index is 1130. The van der Waals surface area contributed by atoms with Crippen molar-refractivity contribution in [1.82, 2.24) is 5.32 Å². The highest BCUT2D eigenvalue weighted by Gasteiger charge is 2.63. The van der Waals surface area contributed by atoms with E-state index in [1.807, 2.05) is 6.92 Å². The van der Waals surface area contributed by atoms with Gasteiger partial charge in [-0.15, -0.1) is 11.3 Å². The molecule has 2 aromatic rings. The van der Waals surface area contributed by atoms with Crippen LogP contribution in [-0.2, 0) is 24.1 Å². The van der Waals surface area contributed by atoms with E-state index in [0.29, 0.717) is 30.1 Å². The molecule has 35 heavy (non-hydrogen) atoms. The summed E-state index contributed by atoms with van der Waals surface area (Å²) in [6, 6.07) is 4.15. The van der Waals surface area contributed by atoms with E-state index in [0.717, 1.165) is 40.2 Å². The number of fused-ring (bicyclic) bond motifs is 3. The molecule has 190 valence electrons. The van der Waals surface area contributed by atoms with Gasteiger partial charge in [0.2, 0.25) is 5.91 Å². The summed E-state index contributed by atoms with van der Waals surface area (Å²) in [4.78, 5) is 26.7. The van der Waals surface area contributed by atoms with Gasteiger partial charge in [0.15, 0.2) is 5.78 Å². The molecule has 0 spiro atoms. The third kappa shape index (κ3) is 5.04. The first-order valence-electron chi connectivity index (χ1n) is 12.5. The molecule has 1 aromatic carbocycles. The standard InChI is InChI=1S/C28H37NO5S/c1-6-18-10-17(9-15(2)26(18)34-14-19(31)12-29-23(33)13-30)7-8-22(32)27-20-11-21-25(28(21,4)5)24(20)16(3)35-27/h9-10,19,21,25,30-31H,6-8,11-14H2,1-5H3,(H,29,33)/t19?,21-,25-/m1/s1. The van der Waals surface area contributed by atoms with Crippen LogP contribution >= 0.6 is 11.3 Å². The number of benzene rings is 1. The number of aliphatic hydroxyl groups excluding tert-OH is 2. The van der Waals surface area contributed by atoms with Gasteiger partial charge in [-0.05, 0) is 78.2 Å². The fourth-order valence-electron chi connectivity index (χ4n) is 5.80. The molecule has 0 saturated heterocycles. The van der Waals surface area contributed by atoms with Crippen LogP contribution in [0.15, 0.2) is 12.1 Å². The van der Waals surface area contributed by atoms with Crippen LogP contribution in [0.4, 0.5) is 0 Å². The number of ether oxygens (including phenoxy) is 1. The quantitative estimate of drug-likeness (QED) is 0.408. The smallest absolute Gasteiger partial charge is 0.245 e. The van der Waals surface area contributed by atoms with Crippen LogP contribution in [0, 0.1) is 25.2 Å². The number of amides is 1. The lowest BCUT2D eigenvalue weighted by Crippen LogP contribution is -2.36. The summed E-state index contributed by atoms with van der Waals surface area (Å²) in [6.45, 7) is 10.3. The van der Waals surface area contributed by atoms with Crippen molar-refractivity contribution in [3.63, 3.8) is 0 Å². The van der Waals surface area contributed by atoms with E-state index in [2.05, 4.69) is 45.1 Å². The molecule has 3 atom stereocenters. The van der Waals surface area contributed by atoms with Crippen molar-refractivity contribution in [2.24, 2.45) is 11.3 Å². The maximum atomic E-state index is 13.2. The lowest BCUT2D eigenvalue weighted by atomic mass is 9.93. The van der Waals surface area contributed by atoms with Crippen LogP contribution < -0.4 is 10.1 Å². The molecule has 2 aliphatic carbocycles. The van der Waals surface area contributed by atoms with Crippen molar-refractivity contribution in [1.29, 1.82) is 0 Å². The van der Waals surface area contributed by atoms with Crippen LogP contribution in [0.1, 0.15) is 75.5 Å². The van der Waals surface area contributed by atoms with E-state index in [-0.39, 0.29) is 18.9 Å². The molecule has 7 heteroatoms. The number of thiophene rings is 1. The van der Waals surface area contributed by atoms with Gasteiger partial charge in [0, 0.05) is 17.8 Å². The van der Waals surface area contributed by atoms with Crippen molar-refractivity contribution >= 4 is 23.0 Å². The average molecular weight is 500 g/mol. The summed E-state index contributed by atoms with van der Waals surface area (Å²) >= 11 is 1.69. The number of carbonyl (C=O) groups excluding carboxylic acids is 2. The highest BCUT2D eigenvalue weighted by molar-refractivity contribution is 7.14. The molecular weight excluding hydrogens is 462 g/mol. The predicted octanol–water partition coefficient (Wildman–Crippen LogP) is 3.89. The Morgan fingerprint density at radius 2 is 2.03 bits per heavy atom. The van der Waals surface area contributed by atoms with Gasteiger partial charge in [0.25, 0.3) is 0 Å². The molecule has 0 radical (unpaired) electrons. The molecule has 1 amide bonds. The lowest BCUT2D eigenvalue weighted by molar-refractivity contribution is -0.124. The van der Waals surface area contributed by atoms with Gasteiger partial charge in [-0.25, -0.2) is 0 Å². The monoisotopic (exact) mass is 499 g/mol. The molecule has 3 N–H and O–H groups in total. The van der Waals surface area contributed by atoms with E-state index < -0.39 is 18.6 Å². The third-order valence-corrected chi connectivity index (χ3v) is 9.01. The first kappa shape index (κ1) is 25.9. The minimum absolute atomic E-state index is 0.0188. The second kappa shape index (κ2) is 10.0. The number of nitrogens with one attached hydrogen (secondary N) is 1. The SMILES string of the molecule is CCc1cc(CCC(=O)c2sc(C)c3c2C[C@@H]2[C@H]3C2(C)C)cc(C)c1OCC(O)CNC(=O)CO. The molecule has 2 aliphatic rings. The molecule has 1 aromatic heterocycles. The highest BCUT2D eigenvalue weighted by Crippen LogP contribution is 2.71. The van der Waals surface area contributed by atoms with Gasteiger partial charge in [0.05, 0.1) is 4.88 Å². The fourth-order valence-corrected chi connectivity index (χ4v) is 6.99. The summed E-state index contributed by atoms with van der Waals surface area (Å²) in [5, 5.41) is 21.3. The lowest BCUT2D eigenvalue weighted by Gasteiger charge is -2.18. The number of ketones is 1. The minimum Gasteiger partial charge on any atom is -0.490 e. The van der Waals surface area contributed by atoms with Crippen molar-refractivity contribution in [2.45, 2.75) is 72.3 Å². The number of hydrogen-bond acceptors (Lipinski definition) is 6. The second-order valence-electron chi connectivity index (χ2n) is 10.6. The molecule has 1 fully saturated rings. The highest BCUT2D eigenvalue weighted by atomic mass is 32.1. The molecule has 1 saturated carbocycles.